The quantitative estimate of drug-likeness (QED) is 0.161. The molecule has 2 aliphatic carbocycles. The number of Topliss-reactive ketones (excluding diaryl/α,β-unsaturated/α-hetero) is 2. The van der Waals surface area contributed by atoms with E-state index in [1.165, 1.54) is 0 Å². The average Bonchev–Trinajstić information content (AvgIpc) is 3.48. The summed E-state index contributed by atoms with van der Waals surface area (Å²) < 4.78 is 5.65. The van der Waals surface area contributed by atoms with Crippen LogP contribution < -0.4 is 0 Å². The zero-order valence-corrected chi connectivity index (χ0v) is 24.3. The third-order valence-electron chi connectivity index (χ3n) is 8.87. The minimum Gasteiger partial charge on any atom is -0.511 e. The Balaban J connectivity index is 1.20. The molecule has 7 rings (SSSR count). The normalized spacial score (nSPS) is 20.6. The number of aromatic nitrogens is 1. The number of aryl methyl sites for hydroxylation is 1. The van der Waals surface area contributed by atoms with Gasteiger partial charge in [0.1, 0.15) is 11.5 Å². The molecule has 1 fully saturated rings. The molecule has 1 N–H and O–H groups in total. The van der Waals surface area contributed by atoms with E-state index in [0.717, 1.165) is 27.6 Å². The highest BCUT2D eigenvalue weighted by atomic mass is 16.5. The lowest BCUT2D eigenvalue weighted by Gasteiger charge is -2.26. The largest absolute Gasteiger partial charge is 0.511 e. The predicted molar refractivity (Wildman–Crippen MR) is 171 cm³/mol. The molecule has 44 heavy (non-hydrogen) atoms. The minimum atomic E-state index is -0.134. The standard InChI is InChI=1S/C38H32N2O4/c41-33(19-18-31-38-35(43)22-28(23-36(38)44-40-31)25-12-5-2-6-13-25)37-32(20-27(21-34(37)42)24-10-3-1-4-11-24)39-30-17-9-15-26-14-7-8-16-29(26)30/h1-17,27-28,41H,18-23H2. The molecule has 6 heteroatoms. The zero-order valence-electron chi connectivity index (χ0n) is 24.3. The van der Waals surface area contributed by atoms with Crippen LogP contribution in [0.4, 0.5) is 5.69 Å². The van der Waals surface area contributed by atoms with Crippen LogP contribution in [0.25, 0.3) is 10.8 Å². The third kappa shape index (κ3) is 5.39. The fourth-order valence-electron chi connectivity index (χ4n) is 6.67. The topological polar surface area (TPSA) is 92.8 Å². The van der Waals surface area contributed by atoms with Crippen molar-refractivity contribution in [1.82, 2.24) is 5.16 Å². The Morgan fingerprint density at radius 3 is 2.14 bits per heavy atom. The van der Waals surface area contributed by atoms with Gasteiger partial charge in [0, 0.05) is 37.5 Å². The van der Waals surface area contributed by atoms with Crippen LogP contribution in [0.3, 0.4) is 0 Å². The fourth-order valence-corrected chi connectivity index (χ4v) is 6.67. The Kier molecular flexibility index (Phi) is 7.49. The van der Waals surface area contributed by atoms with Gasteiger partial charge in [-0.2, -0.15) is 0 Å². The molecule has 2 unspecified atom stereocenters. The van der Waals surface area contributed by atoms with Crippen LogP contribution in [0.5, 0.6) is 0 Å². The maximum atomic E-state index is 13.7. The van der Waals surface area contributed by atoms with Gasteiger partial charge in [0.05, 0.1) is 28.2 Å². The number of carbonyl (C=O) groups is 2. The molecule has 5 aromatic rings. The Morgan fingerprint density at radius 1 is 0.750 bits per heavy atom. The molecule has 0 radical (unpaired) electrons. The zero-order chi connectivity index (χ0) is 30.0. The number of ketones is 2. The van der Waals surface area contributed by atoms with Crippen LogP contribution in [-0.2, 0) is 17.6 Å². The van der Waals surface area contributed by atoms with E-state index in [1.807, 2.05) is 103 Å². The molecule has 4 aromatic carbocycles. The van der Waals surface area contributed by atoms with Crippen molar-refractivity contribution in [3.8, 4) is 0 Å². The number of rotatable bonds is 6. The maximum absolute atomic E-state index is 13.7. The number of benzene rings is 4. The highest BCUT2D eigenvalue weighted by molar-refractivity contribution is 6.25. The first-order valence-corrected chi connectivity index (χ1v) is 15.2. The highest BCUT2D eigenvalue weighted by Crippen LogP contribution is 2.38. The summed E-state index contributed by atoms with van der Waals surface area (Å²) in [6, 6.07) is 33.9. The molecule has 218 valence electrons. The van der Waals surface area contributed by atoms with Crippen LogP contribution in [0.1, 0.15) is 70.5 Å². The second-order valence-corrected chi connectivity index (χ2v) is 11.7. The van der Waals surface area contributed by atoms with Crippen molar-refractivity contribution < 1.29 is 19.2 Å². The van der Waals surface area contributed by atoms with Crippen molar-refractivity contribution in [3.05, 3.63) is 143 Å². The monoisotopic (exact) mass is 580 g/mol. The van der Waals surface area contributed by atoms with Crippen LogP contribution in [0.15, 0.2) is 124 Å². The van der Waals surface area contributed by atoms with Crippen LogP contribution in [0.2, 0.25) is 0 Å². The SMILES string of the molecule is O=C1CC(c2ccccc2)CC(=Nc2cccc3ccccc23)C1=C(O)CCc1noc2c1C(=O)CC(c1ccccc1)C2. The average molecular weight is 581 g/mol. The van der Waals surface area contributed by atoms with Crippen molar-refractivity contribution in [3.63, 3.8) is 0 Å². The molecule has 2 aliphatic rings. The van der Waals surface area contributed by atoms with E-state index in [4.69, 9.17) is 9.52 Å². The number of fused-ring (bicyclic) bond motifs is 2. The van der Waals surface area contributed by atoms with Crippen molar-refractivity contribution >= 4 is 33.7 Å². The second kappa shape index (κ2) is 11.9. The van der Waals surface area contributed by atoms with Crippen LogP contribution in [0, 0.1) is 0 Å². The molecule has 6 nitrogen and oxygen atoms in total. The van der Waals surface area contributed by atoms with E-state index in [9.17, 15) is 14.7 Å². The predicted octanol–water partition coefficient (Wildman–Crippen LogP) is 8.40. The summed E-state index contributed by atoms with van der Waals surface area (Å²) >= 11 is 0. The number of aliphatic hydroxyl groups is 1. The smallest absolute Gasteiger partial charge is 0.168 e. The van der Waals surface area contributed by atoms with E-state index < -0.39 is 0 Å². The molecular weight excluding hydrogens is 548 g/mol. The molecule has 1 saturated carbocycles. The number of nitrogens with zero attached hydrogens (tertiary/aromatic N) is 2. The molecule has 0 saturated heterocycles. The van der Waals surface area contributed by atoms with Crippen molar-refractivity contribution in [2.75, 3.05) is 0 Å². The number of carbonyl (C=O) groups excluding carboxylic acids is 2. The molecule has 0 spiro atoms. The number of hydrogen-bond acceptors (Lipinski definition) is 6. The van der Waals surface area contributed by atoms with Crippen molar-refractivity contribution in [2.24, 2.45) is 4.99 Å². The first kappa shape index (κ1) is 27.7. The lowest BCUT2D eigenvalue weighted by Crippen LogP contribution is -2.26. The van der Waals surface area contributed by atoms with E-state index >= 15 is 0 Å². The summed E-state index contributed by atoms with van der Waals surface area (Å²) in [5, 5.41) is 17.7. The molecule has 0 aliphatic heterocycles. The van der Waals surface area contributed by atoms with Gasteiger partial charge < -0.3 is 9.63 Å². The summed E-state index contributed by atoms with van der Waals surface area (Å²) in [6.45, 7) is 0. The maximum Gasteiger partial charge on any atom is 0.168 e. The fraction of sp³-hybridized carbons (Fsp3) is 0.211. The van der Waals surface area contributed by atoms with Gasteiger partial charge in [0.15, 0.2) is 11.6 Å². The van der Waals surface area contributed by atoms with E-state index in [1.54, 1.807) is 0 Å². The van der Waals surface area contributed by atoms with Crippen LogP contribution in [-0.4, -0.2) is 27.5 Å². The number of allylic oxidation sites excluding steroid dienone is 2. The van der Waals surface area contributed by atoms with Gasteiger partial charge in [-0.1, -0.05) is 102 Å². The summed E-state index contributed by atoms with van der Waals surface area (Å²) in [7, 11) is 0. The van der Waals surface area contributed by atoms with E-state index in [0.29, 0.717) is 42.0 Å². The lowest BCUT2D eigenvalue weighted by atomic mass is 9.78. The Labute approximate surface area is 255 Å². The first-order chi connectivity index (χ1) is 21.5. The van der Waals surface area contributed by atoms with Gasteiger partial charge in [-0.15, -0.1) is 0 Å². The molecule has 0 amide bonds. The summed E-state index contributed by atoms with van der Waals surface area (Å²) in [6.07, 6.45) is 2.24. The van der Waals surface area contributed by atoms with Crippen molar-refractivity contribution in [1.29, 1.82) is 0 Å². The minimum absolute atomic E-state index is 0.00106. The molecule has 1 aromatic heterocycles. The Morgan fingerprint density at radius 2 is 1.39 bits per heavy atom. The molecule has 0 bridgehead atoms. The Bertz CT molecular complexity index is 1920. The number of aliphatic imine (C=N–C) groups is 1. The number of hydrogen-bond donors (Lipinski definition) is 1. The van der Waals surface area contributed by atoms with E-state index in [2.05, 4.69) is 5.16 Å². The summed E-state index contributed by atoms with van der Waals surface area (Å²) in [5.41, 5.74) is 4.85. The van der Waals surface area contributed by atoms with Gasteiger partial charge in [0.25, 0.3) is 0 Å². The van der Waals surface area contributed by atoms with Crippen molar-refractivity contribution in [2.45, 2.75) is 50.4 Å². The van der Waals surface area contributed by atoms with Crippen LogP contribution >= 0.6 is 0 Å². The molecule has 1 heterocycles. The van der Waals surface area contributed by atoms with Gasteiger partial charge in [0.2, 0.25) is 0 Å². The first-order valence-electron chi connectivity index (χ1n) is 15.2. The lowest BCUT2D eigenvalue weighted by molar-refractivity contribution is -0.116. The third-order valence-corrected chi connectivity index (χ3v) is 8.87. The van der Waals surface area contributed by atoms with E-state index in [-0.39, 0.29) is 54.0 Å². The number of aliphatic hydroxyl groups excluding tert-OH is 1. The summed E-state index contributed by atoms with van der Waals surface area (Å²) in [4.78, 5) is 32.0. The summed E-state index contributed by atoms with van der Waals surface area (Å²) in [5.74, 6) is 0.453. The van der Waals surface area contributed by atoms with Gasteiger partial charge in [-0.3, -0.25) is 14.6 Å². The van der Waals surface area contributed by atoms with Gasteiger partial charge in [-0.25, -0.2) is 0 Å². The molecular formula is C38H32N2O4. The van der Waals surface area contributed by atoms with Gasteiger partial charge in [-0.05, 0) is 40.8 Å². The van der Waals surface area contributed by atoms with Gasteiger partial charge >= 0.3 is 0 Å². The highest BCUT2D eigenvalue weighted by Gasteiger charge is 2.35. The Hall–Kier alpha value is -5.10. The second-order valence-electron chi connectivity index (χ2n) is 11.7. The molecule has 2 atom stereocenters.